The molecule has 2 aromatic carbocycles. The molecule has 0 bridgehead atoms. The molecule has 2 N–H and O–H groups in total. The van der Waals surface area contributed by atoms with Gasteiger partial charge in [0.15, 0.2) is 11.1 Å². The van der Waals surface area contributed by atoms with Crippen LogP contribution in [0.1, 0.15) is 18.4 Å². The Bertz CT molecular complexity index is 917. The van der Waals surface area contributed by atoms with Gasteiger partial charge in [-0.05, 0) is 30.5 Å². The van der Waals surface area contributed by atoms with Gasteiger partial charge in [-0.3, -0.25) is 0 Å². The molecule has 1 fully saturated rings. The van der Waals surface area contributed by atoms with Gasteiger partial charge >= 0.3 is 6.09 Å². The van der Waals surface area contributed by atoms with Gasteiger partial charge in [0, 0.05) is 19.1 Å². The summed E-state index contributed by atoms with van der Waals surface area (Å²) in [4.78, 5) is 17.0. The Balaban J connectivity index is 1.44. The molecule has 7 heteroatoms. The lowest BCUT2D eigenvalue weighted by atomic mass is 10.1. The molecule has 1 saturated heterocycles. The minimum absolute atomic E-state index is 0.141. The Hall–Kier alpha value is -3.22. The van der Waals surface area contributed by atoms with Crippen LogP contribution in [0.25, 0.3) is 11.1 Å². The highest BCUT2D eigenvalue weighted by Gasteiger charge is 2.23. The predicted octanol–water partition coefficient (Wildman–Crippen LogP) is 3.96. The molecule has 1 aliphatic rings. The molecular weight excluding hydrogens is 346 g/mol. The summed E-state index contributed by atoms with van der Waals surface area (Å²) in [6.45, 7) is 1.49. The number of oxazole rings is 1. The summed E-state index contributed by atoms with van der Waals surface area (Å²) in [5, 5.41) is 12.3. The number of piperidine rings is 1. The molecule has 0 unspecified atom stereocenters. The van der Waals surface area contributed by atoms with Crippen LogP contribution < -0.4 is 10.1 Å². The number of nitrogens with one attached hydrogen (secondary N) is 1. The first kappa shape index (κ1) is 17.2. The molecule has 0 atom stereocenters. The van der Waals surface area contributed by atoms with E-state index in [4.69, 9.17) is 14.3 Å². The van der Waals surface area contributed by atoms with Crippen LogP contribution >= 0.6 is 0 Å². The highest BCUT2D eigenvalue weighted by molar-refractivity contribution is 5.81. The molecule has 1 aromatic heterocycles. The smallest absolute Gasteiger partial charge is 0.407 e. The van der Waals surface area contributed by atoms with Gasteiger partial charge in [-0.2, -0.15) is 4.98 Å². The first-order chi connectivity index (χ1) is 13.2. The molecule has 0 radical (unpaired) electrons. The lowest BCUT2D eigenvalue weighted by Crippen LogP contribution is -2.41. The van der Waals surface area contributed by atoms with E-state index in [0.29, 0.717) is 42.6 Å². The van der Waals surface area contributed by atoms with Crippen molar-refractivity contribution in [1.82, 2.24) is 9.88 Å². The van der Waals surface area contributed by atoms with Crippen molar-refractivity contribution in [3.63, 3.8) is 0 Å². The third-order valence-corrected chi connectivity index (χ3v) is 4.71. The Morgan fingerprint density at radius 2 is 1.96 bits per heavy atom. The maximum atomic E-state index is 11.0. The van der Waals surface area contributed by atoms with Crippen molar-refractivity contribution in [2.45, 2.75) is 25.5 Å². The van der Waals surface area contributed by atoms with Gasteiger partial charge in [-0.1, -0.05) is 36.4 Å². The number of nitrogens with zero attached hydrogens (tertiary/aromatic N) is 2. The van der Waals surface area contributed by atoms with Crippen molar-refractivity contribution in [2.75, 3.05) is 18.4 Å². The highest BCUT2D eigenvalue weighted by atomic mass is 16.5. The number of fused-ring (bicyclic) bond motifs is 1. The van der Waals surface area contributed by atoms with E-state index < -0.39 is 6.09 Å². The number of carboxylic acid groups (broad SMARTS) is 1. The fourth-order valence-electron chi connectivity index (χ4n) is 3.23. The van der Waals surface area contributed by atoms with Crippen LogP contribution in [0.4, 0.5) is 10.8 Å². The molecular formula is C20H21N3O4. The number of aromatic nitrogens is 1. The highest BCUT2D eigenvalue weighted by Crippen LogP contribution is 2.29. The van der Waals surface area contributed by atoms with E-state index in [1.165, 1.54) is 4.90 Å². The van der Waals surface area contributed by atoms with E-state index in [-0.39, 0.29) is 6.04 Å². The minimum Gasteiger partial charge on any atom is -0.486 e. The first-order valence-corrected chi connectivity index (χ1v) is 9.00. The molecule has 0 spiro atoms. The Kier molecular flexibility index (Phi) is 4.82. The summed E-state index contributed by atoms with van der Waals surface area (Å²) in [7, 11) is 0. The van der Waals surface area contributed by atoms with E-state index in [1.807, 2.05) is 48.5 Å². The number of ether oxygens (including phenoxy) is 1. The van der Waals surface area contributed by atoms with Crippen LogP contribution in [0.5, 0.6) is 5.75 Å². The van der Waals surface area contributed by atoms with Gasteiger partial charge in [-0.25, -0.2) is 4.79 Å². The molecule has 0 saturated carbocycles. The number of rotatable bonds is 5. The fourth-order valence-corrected chi connectivity index (χ4v) is 3.23. The second kappa shape index (κ2) is 7.57. The van der Waals surface area contributed by atoms with Gasteiger partial charge in [-0.15, -0.1) is 0 Å². The zero-order valence-corrected chi connectivity index (χ0v) is 14.8. The van der Waals surface area contributed by atoms with Crippen LogP contribution in [0.3, 0.4) is 0 Å². The van der Waals surface area contributed by atoms with E-state index in [2.05, 4.69) is 10.3 Å². The number of carbonyl (C=O) groups is 1. The van der Waals surface area contributed by atoms with Crippen molar-refractivity contribution >= 4 is 23.2 Å². The quantitative estimate of drug-likeness (QED) is 0.710. The van der Waals surface area contributed by atoms with Crippen LogP contribution in [0, 0.1) is 0 Å². The Morgan fingerprint density at radius 1 is 1.19 bits per heavy atom. The first-order valence-electron chi connectivity index (χ1n) is 9.00. The summed E-state index contributed by atoms with van der Waals surface area (Å²) < 4.78 is 11.7. The van der Waals surface area contributed by atoms with Crippen LogP contribution in [-0.2, 0) is 6.61 Å². The molecule has 140 valence electrons. The molecule has 7 nitrogen and oxygen atoms in total. The van der Waals surface area contributed by atoms with Crippen molar-refractivity contribution in [3.8, 4) is 5.75 Å². The van der Waals surface area contributed by atoms with Crippen LogP contribution in [0.15, 0.2) is 52.9 Å². The van der Waals surface area contributed by atoms with Crippen LogP contribution in [0.2, 0.25) is 0 Å². The van der Waals surface area contributed by atoms with Gasteiger partial charge in [0.25, 0.3) is 6.01 Å². The summed E-state index contributed by atoms with van der Waals surface area (Å²) in [5.74, 6) is 0.675. The lowest BCUT2D eigenvalue weighted by Gasteiger charge is -2.29. The summed E-state index contributed by atoms with van der Waals surface area (Å²) in [5.41, 5.74) is 2.42. The van der Waals surface area contributed by atoms with Crippen LogP contribution in [-0.4, -0.2) is 40.2 Å². The molecule has 4 rings (SSSR count). The number of anilines is 1. The van der Waals surface area contributed by atoms with Gasteiger partial charge in [0.2, 0.25) is 0 Å². The largest absolute Gasteiger partial charge is 0.486 e. The number of amides is 1. The number of benzene rings is 2. The van der Waals surface area contributed by atoms with Crippen molar-refractivity contribution < 1.29 is 19.1 Å². The van der Waals surface area contributed by atoms with E-state index in [1.54, 1.807) is 0 Å². The number of hydrogen-bond acceptors (Lipinski definition) is 5. The van der Waals surface area contributed by atoms with Crippen molar-refractivity contribution in [1.29, 1.82) is 0 Å². The monoisotopic (exact) mass is 367 g/mol. The van der Waals surface area contributed by atoms with Gasteiger partial charge < -0.3 is 24.5 Å². The fraction of sp³-hybridized carbons (Fsp3) is 0.300. The second-order valence-electron chi connectivity index (χ2n) is 6.58. The maximum Gasteiger partial charge on any atom is 0.407 e. The number of hydrogen-bond donors (Lipinski definition) is 2. The third kappa shape index (κ3) is 3.97. The molecule has 0 aliphatic carbocycles. The molecule has 1 amide bonds. The molecule has 3 aromatic rings. The van der Waals surface area contributed by atoms with Gasteiger partial charge in [0.1, 0.15) is 12.4 Å². The molecule has 1 aliphatic heterocycles. The lowest BCUT2D eigenvalue weighted by molar-refractivity contribution is 0.133. The Labute approximate surface area is 156 Å². The van der Waals surface area contributed by atoms with E-state index in [0.717, 1.165) is 18.4 Å². The zero-order chi connectivity index (χ0) is 18.6. The summed E-state index contributed by atoms with van der Waals surface area (Å²) in [6.07, 6.45) is 0.584. The third-order valence-electron chi connectivity index (χ3n) is 4.71. The van der Waals surface area contributed by atoms with Crippen molar-refractivity contribution in [3.05, 3.63) is 54.1 Å². The summed E-state index contributed by atoms with van der Waals surface area (Å²) in [6, 6.07) is 16.2. The zero-order valence-electron chi connectivity index (χ0n) is 14.8. The van der Waals surface area contributed by atoms with E-state index >= 15 is 0 Å². The Morgan fingerprint density at radius 3 is 2.70 bits per heavy atom. The predicted molar refractivity (Wildman–Crippen MR) is 101 cm³/mol. The van der Waals surface area contributed by atoms with Gasteiger partial charge in [0.05, 0.1) is 0 Å². The average Bonchev–Trinajstić information content (AvgIpc) is 3.10. The summed E-state index contributed by atoms with van der Waals surface area (Å²) >= 11 is 0. The maximum absolute atomic E-state index is 11.0. The average molecular weight is 367 g/mol. The second-order valence-corrected chi connectivity index (χ2v) is 6.58. The van der Waals surface area contributed by atoms with Crippen molar-refractivity contribution in [2.24, 2.45) is 0 Å². The minimum atomic E-state index is -0.865. The molecule has 2 heterocycles. The topological polar surface area (TPSA) is 87.8 Å². The van der Waals surface area contributed by atoms with E-state index in [9.17, 15) is 4.79 Å². The molecule has 27 heavy (non-hydrogen) atoms. The normalized spacial score (nSPS) is 15.0. The number of para-hydroxylation sites is 1. The standard InChI is InChI=1S/C20H21N3O4/c24-20(25)23-11-9-15(10-12-23)21-19-22-18-16(7-4-8-17(18)27-19)26-13-14-5-2-1-3-6-14/h1-8,15H,9-13H2,(H,21,22)(H,24,25). The SMILES string of the molecule is O=C(O)N1CCC(Nc2nc3c(OCc4ccccc4)cccc3o2)CC1. The number of likely N-dealkylation sites (tertiary alicyclic amines) is 1.